The summed E-state index contributed by atoms with van der Waals surface area (Å²) in [5, 5.41) is 22.5. The van der Waals surface area contributed by atoms with Gasteiger partial charge in [-0.05, 0) is 57.8 Å². The van der Waals surface area contributed by atoms with Crippen molar-refractivity contribution in [2.24, 2.45) is 9.98 Å². The zero-order chi connectivity index (χ0) is 30.3. The summed E-state index contributed by atoms with van der Waals surface area (Å²) in [5.74, 6) is 0.637. The number of phenols is 2. The van der Waals surface area contributed by atoms with Crippen molar-refractivity contribution in [1.82, 2.24) is 0 Å². The number of aromatic hydroxyl groups is 2. The van der Waals surface area contributed by atoms with Crippen LogP contribution in [0.15, 0.2) is 34.3 Å². The fraction of sp³-hybridized carbons (Fsp3) is 0.611. The van der Waals surface area contributed by atoms with E-state index in [9.17, 15) is 10.2 Å². The molecule has 230 valence electrons. The van der Waals surface area contributed by atoms with Crippen LogP contribution in [-0.2, 0) is 38.2 Å². The van der Waals surface area contributed by atoms with E-state index in [1.54, 1.807) is 0 Å². The Labute approximate surface area is 260 Å². The summed E-state index contributed by atoms with van der Waals surface area (Å²) in [6, 6.07) is 8.53. The molecule has 0 aromatic heterocycles. The van der Waals surface area contributed by atoms with Crippen molar-refractivity contribution in [3.05, 3.63) is 57.6 Å². The molecule has 1 aliphatic carbocycles. The van der Waals surface area contributed by atoms with Crippen LogP contribution in [0, 0.1) is 0 Å². The van der Waals surface area contributed by atoms with Crippen molar-refractivity contribution in [2.75, 3.05) is 0 Å². The van der Waals surface area contributed by atoms with Crippen molar-refractivity contribution in [3.63, 3.8) is 0 Å². The Kier molecular flexibility index (Phi) is 10.8. The largest absolute Gasteiger partial charge is 0.507 e. The molecule has 2 aromatic carbocycles. The van der Waals surface area contributed by atoms with Gasteiger partial charge in [0.15, 0.2) is 0 Å². The first-order valence-electron chi connectivity index (χ1n) is 15.0. The van der Waals surface area contributed by atoms with Gasteiger partial charge in [0.2, 0.25) is 0 Å². The van der Waals surface area contributed by atoms with Gasteiger partial charge in [-0.15, -0.1) is 0 Å². The molecule has 1 saturated carbocycles. The quantitative estimate of drug-likeness (QED) is 0.270. The zero-order valence-corrected chi connectivity index (χ0v) is 28.5. The molecular weight excluding hydrogens is 551 g/mol. The number of aliphatic imine (C=N–C) groups is 2. The number of phenolic OH excluding ortho intramolecular Hbond substituents is 2. The molecule has 0 amide bonds. The summed E-state index contributed by atoms with van der Waals surface area (Å²) in [6.45, 7) is 26.0. The van der Waals surface area contributed by atoms with Crippen molar-refractivity contribution >= 4 is 12.4 Å². The third kappa shape index (κ3) is 8.69. The van der Waals surface area contributed by atoms with Gasteiger partial charge in [-0.1, -0.05) is 108 Å². The molecule has 1 fully saturated rings. The van der Waals surface area contributed by atoms with E-state index in [1.165, 1.54) is 11.1 Å². The van der Waals surface area contributed by atoms with Gasteiger partial charge in [-0.25, -0.2) is 0 Å². The molecule has 4 nitrogen and oxygen atoms in total. The van der Waals surface area contributed by atoms with Gasteiger partial charge in [0, 0.05) is 51.2 Å². The molecule has 2 aromatic rings. The fourth-order valence-electron chi connectivity index (χ4n) is 5.31. The normalized spacial score (nSPS) is 19.1. The van der Waals surface area contributed by atoms with Crippen LogP contribution in [0.4, 0.5) is 0 Å². The molecule has 5 heteroatoms. The van der Waals surface area contributed by atoms with Gasteiger partial charge < -0.3 is 10.2 Å². The molecule has 2 N–H and O–H groups in total. The summed E-state index contributed by atoms with van der Waals surface area (Å²) in [6.07, 6.45) is 7.90. The molecule has 0 saturated heterocycles. The predicted molar refractivity (Wildman–Crippen MR) is 172 cm³/mol. The monoisotopic (exact) mass is 604 g/mol. The maximum absolute atomic E-state index is 11.2. The standard InChI is InChI=1S/C36H54N2O2.Ni/c1-33(2,3)25-17-23(31(39)27(19-25)35(7,8)9)21-37-29-15-13-14-16-30(29)38-22-24-18-26(34(4,5)6)20-28(32(24)40)36(10,11)12;/h17-22,29-30,39-40H,13-16H2,1-12H3;/t29-,30-;/m0./s1. The van der Waals surface area contributed by atoms with Crippen molar-refractivity contribution < 1.29 is 26.7 Å². The molecule has 0 aliphatic heterocycles. The first-order valence-corrected chi connectivity index (χ1v) is 15.0. The molecule has 0 unspecified atom stereocenters. The van der Waals surface area contributed by atoms with Crippen LogP contribution in [0.2, 0.25) is 0 Å². The Bertz CT molecular complexity index is 1170. The molecule has 3 rings (SSSR count). The van der Waals surface area contributed by atoms with Crippen molar-refractivity contribution in [3.8, 4) is 11.5 Å². The van der Waals surface area contributed by atoms with Gasteiger partial charge in [-0.2, -0.15) is 0 Å². The topological polar surface area (TPSA) is 65.2 Å². The summed E-state index contributed by atoms with van der Waals surface area (Å²) < 4.78 is 0. The van der Waals surface area contributed by atoms with E-state index in [0.29, 0.717) is 11.5 Å². The van der Waals surface area contributed by atoms with E-state index >= 15 is 0 Å². The first-order chi connectivity index (χ1) is 18.2. The number of nitrogens with zero attached hydrogens (tertiary/aromatic N) is 2. The van der Waals surface area contributed by atoms with Gasteiger partial charge in [-0.3, -0.25) is 9.98 Å². The summed E-state index contributed by atoms with van der Waals surface area (Å²) in [4.78, 5) is 10.1. The molecular formula is C36H54N2NiO2. The van der Waals surface area contributed by atoms with Gasteiger partial charge >= 0.3 is 0 Å². The average molecular weight is 606 g/mol. The minimum Gasteiger partial charge on any atom is -0.507 e. The summed E-state index contributed by atoms with van der Waals surface area (Å²) in [7, 11) is 0. The second kappa shape index (κ2) is 12.6. The molecule has 2 atom stereocenters. The van der Waals surface area contributed by atoms with E-state index < -0.39 is 0 Å². The number of benzene rings is 2. The van der Waals surface area contributed by atoms with E-state index in [2.05, 4.69) is 107 Å². The van der Waals surface area contributed by atoms with E-state index in [1.807, 2.05) is 12.4 Å². The van der Waals surface area contributed by atoms with Gasteiger partial charge in [0.25, 0.3) is 0 Å². The van der Waals surface area contributed by atoms with Crippen LogP contribution in [0.1, 0.15) is 142 Å². The van der Waals surface area contributed by atoms with E-state index in [4.69, 9.17) is 9.98 Å². The van der Waals surface area contributed by atoms with Gasteiger partial charge in [0.1, 0.15) is 11.5 Å². The summed E-state index contributed by atoms with van der Waals surface area (Å²) in [5.41, 5.74) is 5.39. The maximum atomic E-state index is 11.2. The summed E-state index contributed by atoms with van der Waals surface area (Å²) >= 11 is 0. The number of rotatable bonds is 4. The van der Waals surface area contributed by atoms with Crippen LogP contribution in [0.25, 0.3) is 0 Å². The number of hydrogen-bond donors (Lipinski definition) is 2. The third-order valence-corrected chi connectivity index (χ3v) is 8.13. The van der Waals surface area contributed by atoms with E-state index in [0.717, 1.165) is 47.9 Å². The van der Waals surface area contributed by atoms with Crippen LogP contribution in [-0.4, -0.2) is 34.7 Å². The minimum absolute atomic E-state index is 0. The second-order valence-corrected chi connectivity index (χ2v) is 15.9. The Morgan fingerprint density at radius 1 is 0.561 bits per heavy atom. The van der Waals surface area contributed by atoms with Crippen molar-refractivity contribution in [1.29, 1.82) is 0 Å². The SMILES string of the molecule is CC(C)(C)c1cc(C=N[C@H]2CCCC[C@@H]2N=Cc2cc(C(C)(C)C)cc(C(C)(C)C)c2O)c(O)c(C(C)(C)C)c1.[Ni]. The Balaban J connectivity index is 0.00000588. The molecule has 0 bridgehead atoms. The maximum Gasteiger partial charge on any atom is 0.128 e. The molecule has 0 heterocycles. The Morgan fingerprint density at radius 3 is 1.15 bits per heavy atom. The van der Waals surface area contributed by atoms with E-state index in [-0.39, 0.29) is 50.2 Å². The van der Waals surface area contributed by atoms with Crippen LogP contribution < -0.4 is 0 Å². The van der Waals surface area contributed by atoms with Crippen LogP contribution >= 0.6 is 0 Å². The van der Waals surface area contributed by atoms with Crippen molar-refractivity contribution in [2.45, 2.75) is 143 Å². The first kappa shape index (κ1) is 35.1. The minimum atomic E-state index is -0.179. The van der Waals surface area contributed by atoms with Crippen LogP contribution in [0.5, 0.6) is 11.5 Å². The number of hydrogen-bond acceptors (Lipinski definition) is 4. The smallest absolute Gasteiger partial charge is 0.128 e. The molecule has 1 aliphatic rings. The Hall–Kier alpha value is -2.13. The molecule has 41 heavy (non-hydrogen) atoms. The Morgan fingerprint density at radius 2 is 0.878 bits per heavy atom. The predicted octanol–water partition coefficient (Wildman–Crippen LogP) is 9.13. The second-order valence-electron chi connectivity index (χ2n) is 15.9. The fourth-order valence-corrected chi connectivity index (χ4v) is 5.31. The molecule has 0 spiro atoms. The average Bonchev–Trinajstić information content (AvgIpc) is 2.80. The zero-order valence-electron chi connectivity index (χ0n) is 27.6. The van der Waals surface area contributed by atoms with Gasteiger partial charge in [0.05, 0.1) is 12.1 Å². The molecule has 0 radical (unpaired) electrons. The van der Waals surface area contributed by atoms with Crippen LogP contribution in [0.3, 0.4) is 0 Å². The third-order valence-electron chi connectivity index (χ3n) is 8.13.